The SMILES string of the molecule is COc1cc(Cc2ncc3c(n2)-c2ccc(Cl)cc2C(c2c(F)cccc2OC)=NC3)ccc1C(=O)CCCOCCOCCNC(=O)CC(=O)N1CC(CC2CCCC2)N(c2ncc(Cl)cc2N)[C@H](c2ccc(Cl)cc2)C1. The first-order chi connectivity index (χ1) is 37.9. The summed E-state index contributed by atoms with van der Waals surface area (Å²) >= 11 is 19.1. The molecule has 6 aromatic rings. The number of nitrogens with one attached hydrogen (secondary N) is 1. The Bertz CT molecular complexity index is 3160. The van der Waals surface area contributed by atoms with Gasteiger partial charge in [0.05, 0.1) is 79.9 Å². The van der Waals surface area contributed by atoms with E-state index in [2.05, 4.69) is 15.2 Å². The van der Waals surface area contributed by atoms with Gasteiger partial charge in [-0.15, -0.1) is 0 Å². The van der Waals surface area contributed by atoms with Crippen LogP contribution < -0.4 is 25.4 Å². The Hall–Kier alpha value is -6.69. The normalized spacial score (nSPS) is 16.3. The van der Waals surface area contributed by atoms with E-state index in [1.165, 1.54) is 33.1 Å². The van der Waals surface area contributed by atoms with Crippen LogP contribution in [0.3, 0.4) is 0 Å². The summed E-state index contributed by atoms with van der Waals surface area (Å²) in [7, 11) is 3.02. The van der Waals surface area contributed by atoms with E-state index in [-0.39, 0.29) is 74.4 Å². The largest absolute Gasteiger partial charge is 0.496 e. The van der Waals surface area contributed by atoms with Gasteiger partial charge in [-0.25, -0.2) is 19.3 Å². The maximum Gasteiger partial charge on any atom is 0.232 e. The number of nitrogens with zero attached hydrogens (tertiary/aromatic N) is 6. The lowest BCUT2D eigenvalue weighted by Crippen LogP contribution is -2.57. The van der Waals surface area contributed by atoms with Gasteiger partial charge in [-0.3, -0.25) is 19.4 Å². The second-order valence-electron chi connectivity index (χ2n) is 19.7. The van der Waals surface area contributed by atoms with Gasteiger partial charge >= 0.3 is 0 Å². The number of pyridine rings is 1. The Morgan fingerprint density at radius 1 is 0.808 bits per heavy atom. The van der Waals surface area contributed by atoms with Crippen molar-refractivity contribution in [1.82, 2.24) is 25.2 Å². The van der Waals surface area contributed by atoms with Crippen molar-refractivity contribution >= 4 is 69.6 Å². The lowest BCUT2D eigenvalue weighted by atomic mass is 9.91. The van der Waals surface area contributed by atoms with E-state index in [4.69, 9.17) is 74.4 Å². The average Bonchev–Trinajstić information content (AvgIpc) is 3.94. The van der Waals surface area contributed by atoms with Gasteiger partial charge in [0.1, 0.15) is 29.6 Å². The van der Waals surface area contributed by atoms with Crippen LogP contribution in [0, 0.1) is 11.7 Å². The number of rotatable bonds is 22. The first kappa shape index (κ1) is 56.0. The summed E-state index contributed by atoms with van der Waals surface area (Å²) < 4.78 is 38.0. The highest BCUT2D eigenvalue weighted by molar-refractivity contribution is 6.32. The number of carbonyl (C=O) groups excluding carboxylic acids is 3. The smallest absolute Gasteiger partial charge is 0.232 e. The quantitative estimate of drug-likeness (QED) is 0.0373. The number of piperazine rings is 1. The number of nitrogen functional groups attached to an aromatic ring is 1. The number of benzene rings is 4. The van der Waals surface area contributed by atoms with E-state index in [0.29, 0.717) is 111 Å². The second kappa shape index (κ2) is 26.3. The Balaban J connectivity index is 0.711. The molecule has 1 saturated heterocycles. The van der Waals surface area contributed by atoms with E-state index in [1.54, 1.807) is 53.7 Å². The van der Waals surface area contributed by atoms with Gasteiger partial charge in [-0.1, -0.05) is 90.8 Å². The molecule has 19 heteroatoms. The first-order valence-electron chi connectivity index (χ1n) is 26.2. The van der Waals surface area contributed by atoms with E-state index in [9.17, 15) is 14.4 Å². The topological polar surface area (TPSA) is 184 Å². The molecular weight excluding hydrogens is 1060 g/mol. The van der Waals surface area contributed by atoms with Crippen molar-refractivity contribution in [3.8, 4) is 22.8 Å². The van der Waals surface area contributed by atoms with Crippen LogP contribution in [0.2, 0.25) is 15.1 Å². The Labute approximate surface area is 468 Å². The van der Waals surface area contributed by atoms with Crippen LogP contribution in [0.15, 0.2) is 102 Å². The number of Topliss-reactive ketones (excluding diaryl/α,β-unsaturated/α-hetero) is 1. The molecule has 2 fully saturated rings. The Kier molecular flexibility index (Phi) is 18.9. The third kappa shape index (κ3) is 13.6. The summed E-state index contributed by atoms with van der Waals surface area (Å²) in [4.78, 5) is 63.5. The monoisotopic (exact) mass is 1120 g/mol. The van der Waals surface area contributed by atoms with Crippen molar-refractivity contribution in [2.45, 2.75) is 76.4 Å². The molecule has 15 nitrogen and oxygen atoms in total. The van der Waals surface area contributed by atoms with Crippen molar-refractivity contribution in [3.63, 3.8) is 0 Å². The molecule has 0 bridgehead atoms. The van der Waals surface area contributed by atoms with Crippen LogP contribution in [0.1, 0.15) is 101 Å². The third-order valence-corrected chi connectivity index (χ3v) is 15.2. The van der Waals surface area contributed by atoms with Gasteiger partial charge in [0.25, 0.3) is 0 Å². The molecule has 3 N–H and O–H groups in total. The summed E-state index contributed by atoms with van der Waals surface area (Å²) in [6.45, 7) is 2.36. The highest BCUT2D eigenvalue weighted by Gasteiger charge is 2.40. The number of ketones is 1. The summed E-state index contributed by atoms with van der Waals surface area (Å²) in [5.74, 6) is 1.27. The predicted molar refractivity (Wildman–Crippen MR) is 301 cm³/mol. The number of methoxy groups -OCH3 is 2. The van der Waals surface area contributed by atoms with Gasteiger partial charge in [-0.2, -0.15) is 0 Å². The number of halogens is 4. The molecule has 2 aromatic heterocycles. The van der Waals surface area contributed by atoms with Gasteiger partial charge in [0.2, 0.25) is 11.8 Å². The zero-order chi connectivity index (χ0) is 54.7. The maximum atomic E-state index is 15.4. The third-order valence-electron chi connectivity index (χ3n) is 14.5. The number of anilines is 2. The molecule has 2 aliphatic heterocycles. The van der Waals surface area contributed by atoms with Crippen LogP contribution in [0.5, 0.6) is 11.5 Å². The van der Waals surface area contributed by atoms with Crippen molar-refractivity contribution < 1.29 is 37.7 Å². The number of amides is 2. The zero-order valence-electron chi connectivity index (χ0n) is 43.6. The molecule has 1 saturated carbocycles. The average molecular weight is 1120 g/mol. The standard InChI is InChI=1S/C59H62Cl3FN8O7/c1-75-51-11-5-9-47(63)56(51)58-46-28-41(61)17-19-44(46)57-39(32-67-58)31-66-53(69-57)27-37-12-18-45(52(26-37)76-2)50(72)10-6-21-77-23-24-78-22-20-65-54(73)30-55(74)70-34-43(25-36-7-3-4-8-36)71(59-48(64)29-42(62)33-68-59)49(35-70)38-13-15-40(60)16-14-38/h5,9,11-19,26,28-29,31,33,36,43,49H,3-4,6-8,10,20-25,27,30,32,34-35,64H2,1-2H3,(H,65,73)/t43?,49-/m0/s1. The van der Waals surface area contributed by atoms with Crippen molar-refractivity contribution in [2.75, 3.05) is 70.9 Å². The summed E-state index contributed by atoms with van der Waals surface area (Å²) in [6, 6.07) is 24.4. The fourth-order valence-electron chi connectivity index (χ4n) is 10.7. The lowest BCUT2D eigenvalue weighted by molar-refractivity contribution is -0.137. The number of aromatic nitrogens is 3. The maximum absolute atomic E-state index is 15.4. The van der Waals surface area contributed by atoms with Gasteiger partial charge in [-0.05, 0) is 84.5 Å². The van der Waals surface area contributed by atoms with Gasteiger partial charge < -0.3 is 39.8 Å². The fourth-order valence-corrected chi connectivity index (χ4v) is 11.2. The number of carbonyl (C=O) groups is 3. The van der Waals surface area contributed by atoms with Crippen molar-refractivity contribution in [3.05, 3.63) is 157 Å². The van der Waals surface area contributed by atoms with Crippen LogP contribution in [-0.2, 0) is 32.0 Å². The zero-order valence-corrected chi connectivity index (χ0v) is 45.9. The fraction of sp³-hybridized carbons (Fsp3) is 0.373. The van der Waals surface area contributed by atoms with Crippen LogP contribution >= 0.6 is 34.8 Å². The van der Waals surface area contributed by atoms with Crippen molar-refractivity contribution in [2.24, 2.45) is 10.9 Å². The van der Waals surface area contributed by atoms with Crippen LogP contribution in [-0.4, -0.2) is 109 Å². The molecule has 2 atom stereocenters. The van der Waals surface area contributed by atoms with E-state index in [0.717, 1.165) is 41.5 Å². The van der Waals surface area contributed by atoms with Crippen LogP contribution in [0.4, 0.5) is 15.9 Å². The molecule has 2 amide bonds. The highest BCUT2D eigenvalue weighted by atomic mass is 35.5. The molecule has 1 unspecified atom stereocenters. The molecule has 0 radical (unpaired) electrons. The molecule has 408 valence electrons. The van der Waals surface area contributed by atoms with Gasteiger partial charge in [0, 0.05) is 84.3 Å². The van der Waals surface area contributed by atoms with Crippen molar-refractivity contribution in [1.29, 1.82) is 0 Å². The molecular formula is C59H62Cl3FN8O7. The first-order valence-corrected chi connectivity index (χ1v) is 27.4. The molecule has 78 heavy (non-hydrogen) atoms. The summed E-state index contributed by atoms with van der Waals surface area (Å²) in [5.41, 5.74) is 12.7. The molecule has 3 aliphatic rings. The van der Waals surface area contributed by atoms with E-state index >= 15 is 4.39 Å². The minimum Gasteiger partial charge on any atom is -0.496 e. The number of nitrogens with two attached hydrogens (primary N) is 1. The van der Waals surface area contributed by atoms with E-state index in [1.807, 2.05) is 42.5 Å². The number of aliphatic imine (C=N–C) groups is 1. The molecule has 0 spiro atoms. The highest BCUT2D eigenvalue weighted by Crippen LogP contribution is 2.41. The number of ether oxygens (including phenoxy) is 4. The lowest BCUT2D eigenvalue weighted by Gasteiger charge is -2.48. The minimum absolute atomic E-state index is 0.0840. The summed E-state index contributed by atoms with van der Waals surface area (Å²) in [5, 5.41) is 4.34. The molecule has 4 heterocycles. The Morgan fingerprint density at radius 3 is 2.35 bits per heavy atom. The molecule has 1 aliphatic carbocycles. The minimum atomic E-state index is -0.468. The number of fused-ring (bicyclic) bond motifs is 3. The van der Waals surface area contributed by atoms with Crippen LogP contribution in [0.25, 0.3) is 11.3 Å². The van der Waals surface area contributed by atoms with E-state index < -0.39 is 5.82 Å². The Morgan fingerprint density at radius 2 is 1.58 bits per heavy atom. The second-order valence-corrected chi connectivity index (χ2v) is 21.0. The molecule has 4 aromatic carbocycles. The molecule has 9 rings (SSSR count). The van der Waals surface area contributed by atoms with Gasteiger partial charge in [0.15, 0.2) is 11.6 Å². The number of hydrogen-bond donors (Lipinski definition) is 2. The predicted octanol–water partition coefficient (Wildman–Crippen LogP) is 10.7. The summed E-state index contributed by atoms with van der Waals surface area (Å²) in [6.07, 6.45) is 9.60. The number of hydrogen-bond acceptors (Lipinski definition) is 13.